The van der Waals surface area contributed by atoms with Crippen LogP contribution in [0.4, 0.5) is 11.4 Å². The first-order chi connectivity index (χ1) is 11.0. The van der Waals surface area contributed by atoms with Crippen LogP contribution in [0.3, 0.4) is 0 Å². The van der Waals surface area contributed by atoms with Crippen molar-refractivity contribution in [2.45, 2.75) is 19.9 Å². The van der Waals surface area contributed by atoms with Gasteiger partial charge in [-0.2, -0.15) is 0 Å². The molecule has 118 valence electrons. The summed E-state index contributed by atoms with van der Waals surface area (Å²) in [6.45, 7) is 4.03. The first-order valence-corrected chi connectivity index (χ1v) is 7.77. The van der Waals surface area contributed by atoms with Gasteiger partial charge in [0.1, 0.15) is 5.58 Å². The van der Waals surface area contributed by atoms with E-state index in [1.807, 2.05) is 38.1 Å². The van der Waals surface area contributed by atoms with Gasteiger partial charge < -0.3 is 15.1 Å². The minimum absolute atomic E-state index is 0.175. The van der Waals surface area contributed by atoms with Gasteiger partial charge in [-0.15, -0.1) is 0 Å². The smallest absolute Gasteiger partial charge is 0.293 e. The molecule has 0 saturated carbocycles. The van der Waals surface area contributed by atoms with Gasteiger partial charge in [0.05, 0.1) is 5.69 Å². The monoisotopic (exact) mass is 328 g/mol. The highest BCUT2D eigenvalue weighted by Gasteiger charge is 2.21. The quantitative estimate of drug-likeness (QED) is 0.695. The van der Waals surface area contributed by atoms with E-state index in [0.29, 0.717) is 22.0 Å². The summed E-state index contributed by atoms with van der Waals surface area (Å²) in [5, 5.41) is 7.56. The lowest BCUT2D eigenvalue weighted by Crippen LogP contribution is -2.16. The number of rotatable bonds is 4. The second kappa shape index (κ2) is 6.34. The molecule has 0 atom stereocenters. The van der Waals surface area contributed by atoms with Crippen molar-refractivity contribution in [1.82, 2.24) is 0 Å². The van der Waals surface area contributed by atoms with Gasteiger partial charge in [-0.1, -0.05) is 29.8 Å². The standard InChI is InChI=1S/C18H17ClN2O2/c1-11(2)20-16-14-8-3-4-9-15(14)23-17(16)18(22)21-13-7-5-6-12(19)10-13/h3-11,20H,1-2H3,(H,21,22). The largest absolute Gasteiger partial charge is 0.449 e. The minimum Gasteiger partial charge on any atom is -0.449 e. The van der Waals surface area contributed by atoms with E-state index in [1.165, 1.54) is 0 Å². The molecule has 0 spiro atoms. The Morgan fingerprint density at radius 1 is 1.13 bits per heavy atom. The van der Waals surface area contributed by atoms with Crippen LogP contribution in [0.25, 0.3) is 11.0 Å². The van der Waals surface area contributed by atoms with Gasteiger partial charge in [0, 0.05) is 22.1 Å². The van der Waals surface area contributed by atoms with E-state index in [2.05, 4.69) is 10.6 Å². The van der Waals surface area contributed by atoms with Crippen LogP contribution in [0, 0.1) is 0 Å². The van der Waals surface area contributed by atoms with Crippen LogP contribution in [0.2, 0.25) is 5.02 Å². The second-order valence-electron chi connectivity index (χ2n) is 5.57. The molecule has 0 aliphatic rings. The highest BCUT2D eigenvalue weighted by atomic mass is 35.5. The number of para-hydroxylation sites is 1. The molecular formula is C18H17ClN2O2. The predicted molar refractivity (Wildman–Crippen MR) is 94.4 cm³/mol. The van der Waals surface area contributed by atoms with Crippen LogP contribution >= 0.6 is 11.6 Å². The number of fused-ring (bicyclic) bond motifs is 1. The molecule has 3 aromatic rings. The molecule has 2 aromatic carbocycles. The first-order valence-electron chi connectivity index (χ1n) is 7.39. The molecule has 1 amide bonds. The van der Waals surface area contributed by atoms with E-state index in [1.54, 1.807) is 24.3 Å². The zero-order chi connectivity index (χ0) is 16.4. The van der Waals surface area contributed by atoms with Crippen LogP contribution < -0.4 is 10.6 Å². The molecule has 0 fully saturated rings. The number of benzene rings is 2. The topological polar surface area (TPSA) is 54.3 Å². The first kappa shape index (κ1) is 15.4. The van der Waals surface area contributed by atoms with Gasteiger partial charge in [-0.3, -0.25) is 4.79 Å². The van der Waals surface area contributed by atoms with Crippen LogP contribution in [0.5, 0.6) is 0 Å². The normalized spacial score (nSPS) is 11.0. The Bertz CT molecular complexity index is 855. The molecule has 0 aliphatic heterocycles. The van der Waals surface area contributed by atoms with E-state index < -0.39 is 0 Å². The fraction of sp³-hybridized carbons (Fsp3) is 0.167. The van der Waals surface area contributed by atoms with Gasteiger partial charge in [-0.25, -0.2) is 0 Å². The summed E-state index contributed by atoms with van der Waals surface area (Å²) in [6, 6.07) is 14.8. The van der Waals surface area contributed by atoms with Gasteiger partial charge in [0.15, 0.2) is 0 Å². The van der Waals surface area contributed by atoms with E-state index >= 15 is 0 Å². The summed E-state index contributed by atoms with van der Waals surface area (Å²) >= 11 is 5.95. The molecule has 0 saturated heterocycles. The van der Waals surface area contributed by atoms with E-state index in [-0.39, 0.29) is 17.7 Å². The minimum atomic E-state index is -0.313. The van der Waals surface area contributed by atoms with E-state index in [0.717, 1.165) is 5.39 Å². The maximum atomic E-state index is 12.6. The molecule has 0 radical (unpaired) electrons. The summed E-state index contributed by atoms with van der Waals surface area (Å²) in [7, 11) is 0. The Kier molecular flexibility index (Phi) is 4.26. The number of anilines is 2. The molecular weight excluding hydrogens is 312 g/mol. The fourth-order valence-corrected chi connectivity index (χ4v) is 2.58. The van der Waals surface area contributed by atoms with Crippen molar-refractivity contribution in [1.29, 1.82) is 0 Å². The van der Waals surface area contributed by atoms with Gasteiger partial charge in [0.25, 0.3) is 5.91 Å². The number of hydrogen-bond donors (Lipinski definition) is 2. The summed E-state index contributed by atoms with van der Waals surface area (Å²) in [5.41, 5.74) is 2.00. The Hall–Kier alpha value is -2.46. The number of amides is 1. The molecule has 4 nitrogen and oxygen atoms in total. The third-order valence-corrected chi connectivity index (χ3v) is 3.55. The van der Waals surface area contributed by atoms with E-state index in [4.69, 9.17) is 16.0 Å². The SMILES string of the molecule is CC(C)Nc1c(C(=O)Nc2cccc(Cl)c2)oc2ccccc12. The zero-order valence-electron chi connectivity index (χ0n) is 12.9. The van der Waals surface area contributed by atoms with Gasteiger partial charge >= 0.3 is 0 Å². The molecule has 5 heteroatoms. The van der Waals surface area contributed by atoms with Crippen molar-refractivity contribution in [3.05, 3.63) is 59.3 Å². The van der Waals surface area contributed by atoms with Crippen LogP contribution in [0.15, 0.2) is 52.9 Å². The molecule has 0 unspecified atom stereocenters. The predicted octanol–water partition coefficient (Wildman–Crippen LogP) is 5.16. The molecule has 23 heavy (non-hydrogen) atoms. The van der Waals surface area contributed by atoms with Gasteiger partial charge in [0.2, 0.25) is 5.76 Å². The Morgan fingerprint density at radius 2 is 1.91 bits per heavy atom. The van der Waals surface area contributed by atoms with E-state index in [9.17, 15) is 4.79 Å². The highest BCUT2D eigenvalue weighted by Crippen LogP contribution is 2.32. The van der Waals surface area contributed by atoms with Crippen LogP contribution in [-0.4, -0.2) is 11.9 Å². The molecule has 0 bridgehead atoms. The number of carbonyl (C=O) groups excluding carboxylic acids is 1. The Balaban J connectivity index is 1.99. The Morgan fingerprint density at radius 3 is 2.65 bits per heavy atom. The van der Waals surface area contributed by atoms with Crippen molar-refractivity contribution >= 4 is 39.9 Å². The zero-order valence-corrected chi connectivity index (χ0v) is 13.6. The van der Waals surface area contributed by atoms with Crippen molar-refractivity contribution in [2.24, 2.45) is 0 Å². The number of hydrogen-bond acceptors (Lipinski definition) is 3. The average molecular weight is 329 g/mol. The summed E-state index contributed by atoms with van der Waals surface area (Å²) < 4.78 is 5.76. The fourth-order valence-electron chi connectivity index (χ4n) is 2.39. The average Bonchev–Trinajstić information content (AvgIpc) is 2.86. The Labute approximate surface area is 139 Å². The molecule has 1 heterocycles. The number of halogens is 1. The third kappa shape index (κ3) is 3.32. The number of nitrogens with one attached hydrogen (secondary N) is 2. The van der Waals surface area contributed by atoms with Crippen molar-refractivity contribution in [3.63, 3.8) is 0 Å². The summed E-state index contributed by atoms with van der Waals surface area (Å²) in [4.78, 5) is 12.6. The van der Waals surface area contributed by atoms with Gasteiger partial charge in [-0.05, 0) is 44.2 Å². The highest BCUT2D eigenvalue weighted by molar-refractivity contribution is 6.31. The van der Waals surface area contributed by atoms with Crippen molar-refractivity contribution in [3.8, 4) is 0 Å². The second-order valence-corrected chi connectivity index (χ2v) is 6.00. The van der Waals surface area contributed by atoms with Crippen LogP contribution in [-0.2, 0) is 0 Å². The molecule has 3 rings (SSSR count). The van der Waals surface area contributed by atoms with Crippen molar-refractivity contribution in [2.75, 3.05) is 10.6 Å². The molecule has 0 aliphatic carbocycles. The van der Waals surface area contributed by atoms with Crippen LogP contribution in [0.1, 0.15) is 24.4 Å². The summed E-state index contributed by atoms with van der Waals surface area (Å²) in [6.07, 6.45) is 0. The molecule has 2 N–H and O–H groups in total. The lowest BCUT2D eigenvalue weighted by molar-refractivity contribution is 0.0999. The molecule has 1 aromatic heterocycles. The van der Waals surface area contributed by atoms with Crippen molar-refractivity contribution < 1.29 is 9.21 Å². The lowest BCUT2D eigenvalue weighted by atomic mass is 10.2. The maximum absolute atomic E-state index is 12.6. The number of furan rings is 1. The third-order valence-electron chi connectivity index (χ3n) is 3.32. The maximum Gasteiger partial charge on any atom is 0.293 e. The summed E-state index contributed by atoms with van der Waals surface area (Å²) in [5.74, 6) is -0.0495. The number of carbonyl (C=O) groups is 1. The lowest BCUT2D eigenvalue weighted by Gasteiger charge is -2.10.